The maximum atomic E-state index is 5.02. The number of nitrogens with one attached hydrogen (secondary N) is 1. The predicted molar refractivity (Wildman–Crippen MR) is 78.1 cm³/mol. The molecular formula is C16H27NO. The third kappa shape index (κ3) is 6.18. The van der Waals surface area contributed by atoms with Crippen molar-refractivity contribution in [2.24, 2.45) is 5.92 Å². The van der Waals surface area contributed by atoms with E-state index in [1.807, 2.05) is 0 Å². The summed E-state index contributed by atoms with van der Waals surface area (Å²) in [6, 6.07) is 9.08. The van der Waals surface area contributed by atoms with Gasteiger partial charge in [-0.1, -0.05) is 44.5 Å². The molecule has 102 valence electrons. The molecule has 0 aliphatic carbocycles. The van der Waals surface area contributed by atoms with Crippen LogP contribution in [0.1, 0.15) is 31.4 Å². The van der Waals surface area contributed by atoms with Crippen LogP contribution in [0.25, 0.3) is 0 Å². The molecule has 0 radical (unpaired) electrons. The third-order valence-corrected chi connectivity index (χ3v) is 3.12. The van der Waals surface area contributed by atoms with Gasteiger partial charge in [-0.15, -0.1) is 0 Å². The predicted octanol–water partition coefficient (Wildman–Crippen LogP) is 3.05. The molecule has 1 N–H and O–H groups in total. The summed E-state index contributed by atoms with van der Waals surface area (Å²) in [7, 11) is 1.74. The second-order valence-corrected chi connectivity index (χ2v) is 5.07. The van der Waals surface area contributed by atoms with Crippen LogP contribution in [-0.2, 0) is 17.6 Å². The molecule has 1 rings (SSSR count). The van der Waals surface area contributed by atoms with Gasteiger partial charge in [0.2, 0.25) is 0 Å². The largest absolute Gasteiger partial charge is 0.383 e. The van der Waals surface area contributed by atoms with Crippen LogP contribution in [-0.4, -0.2) is 26.8 Å². The van der Waals surface area contributed by atoms with Gasteiger partial charge >= 0.3 is 0 Å². The van der Waals surface area contributed by atoms with E-state index in [0.717, 1.165) is 26.1 Å². The zero-order valence-electron chi connectivity index (χ0n) is 12.0. The Morgan fingerprint density at radius 2 is 1.83 bits per heavy atom. The molecule has 1 aromatic carbocycles. The molecule has 1 atom stereocenters. The van der Waals surface area contributed by atoms with E-state index in [1.54, 1.807) is 7.11 Å². The summed E-state index contributed by atoms with van der Waals surface area (Å²) in [6.07, 6.45) is 3.56. The van der Waals surface area contributed by atoms with Crippen molar-refractivity contribution in [2.45, 2.75) is 33.1 Å². The van der Waals surface area contributed by atoms with E-state index in [4.69, 9.17) is 4.74 Å². The van der Waals surface area contributed by atoms with Crippen molar-refractivity contribution in [3.63, 3.8) is 0 Å². The first kappa shape index (κ1) is 15.2. The highest BCUT2D eigenvalue weighted by Crippen LogP contribution is 2.11. The minimum atomic E-state index is 0.666. The number of rotatable bonds is 9. The number of hydrogen-bond donors (Lipinski definition) is 1. The Hall–Kier alpha value is -0.860. The monoisotopic (exact) mass is 249 g/mol. The zero-order valence-corrected chi connectivity index (χ0v) is 12.0. The third-order valence-electron chi connectivity index (χ3n) is 3.12. The highest BCUT2D eigenvalue weighted by atomic mass is 16.5. The summed E-state index contributed by atoms with van der Waals surface area (Å²) in [4.78, 5) is 0. The van der Waals surface area contributed by atoms with E-state index in [2.05, 4.69) is 43.4 Å². The van der Waals surface area contributed by atoms with E-state index in [9.17, 15) is 0 Å². The molecule has 0 fully saturated rings. The molecule has 18 heavy (non-hydrogen) atoms. The first-order valence-corrected chi connectivity index (χ1v) is 7.03. The lowest BCUT2D eigenvalue weighted by Crippen LogP contribution is -2.25. The van der Waals surface area contributed by atoms with E-state index in [-0.39, 0.29) is 0 Å². The minimum Gasteiger partial charge on any atom is -0.383 e. The zero-order chi connectivity index (χ0) is 13.2. The molecule has 0 spiro atoms. The summed E-state index contributed by atoms with van der Waals surface area (Å²) in [5.41, 5.74) is 2.89. The van der Waals surface area contributed by atoms with Crippen LogP contribution >= 0.6 is 0 Å². The summed E-state index contributed by atoms with van der Waals surface area (Å²) in [5.74, 6) is 0.666. The molecular weight excluding hydrogens is 222 g/mol. The van der Waals surface area contributed by atoms with Gasteiger partial charge in [-0.3, -0.25) is 0 Å². The minimum absolute atomic E-state index is 0.666. The quantitative estimate of drug-likeness (QED) is 0.679. The number of hydrogen-bond acceptors (Lipinski definition) is 2. The van der Waals surface area contributed by atoms with Crippen molar-refractivity contribution in [1.29, 1.82) is 0 Å². The average Bonchev–Trinajstić information content (AvgIpc) is 2.37. The van der Waals surface area contributed by atoms with Gasteiger partial charge < -0.3 is 10.1 Å². The summed E-state index contributed by atoms with van der Waals surface area (Å²) in [5, 5.41) is 3.41. The molecule has 2 nitrogen and oxygen atoms in total. The first-order valence-electron chi connectivity index (χ1n) is 7.03. The fourth-order valence-electron chi connectivity index (χ4n) is 2.13. The van der Waals surface area contributed by atoms with Crippen LogP contribution < -0.4 is 5.32 Å². The standard InChI is InChI=1S/C16H27NO/c1-4-5-15-6-8-16(9-7-15)12-14(2)13-17-10-11-18-3/h6-9,14,17H,4-5,10-13H2,1-3H3. The normalized spacial score (nSPS) is 12.6. The van der Waals surface area contributed by atoms with E-state index >= 15 is 0 Å². The molecule has 0 heterocycles. The van der Waals surface area contributed by atoms with Crippen LogP contribution in [0.3, 0.4) is 0 Å². The van der Waals surface area contributed by atoms with Crippen LogP contribution in [0.4, 0.5) is 0 Å². The molecule has 0 aromatic heterocycles. The SMILES string of the molecule is CCCc1ccc(CC(C)CNCCOC)cc1. The Bertz CT molecular complexity index is 307. The molecule has 2 heteroatoms. The van der Waals surface area contributed by atoms with Crippen molar-refractivity contribution in [3.05, 3.63) is 35.4 Å². The molecule has 0 aliphatic rings. The van der Waals surface area contributed by atoms with Gasteiger partial charge in [-0.05, 0) is 36.4 Å². The van der Waals surface area contributed by atoms with Gasteiger partial charge in [0.05, 0.1) is 6.61 Å². The lowest BCUT2D eigenvalue weighted by atomic mass is 9.99. The van der Waals surface area contributed by atoms with Gasteiger partial charge in [0.1, 0.15) is 0 Å². The first-order chi connectivity index (χ1) is 8.76. The van der Waals surface area contributed by atoms with Gasteiger partial charge in [0.25, 0.3) is 0 Å². The highest BCUT2D eigenvalue weighted by Gasteiger charge is 2.03. The number of ether oxygens (including phenoxy) is 1. The lowest BCUT2D eigenvalue weighted by Gasteiger charge is -2.13. The molecule has 1 unspecified atom stereocenters. The van der Waals surface area contributed by atoms with Crippen molar-refractivity contribution in [2.75, 3.05) is 26.8 Å². The second kappa shape index (κ2) is 9.12. The fraction of sp³-hybridized carbons (Fsp3) is 0.625. The second-order valence-electron chi connectivity index (χ2n) is 5.07. The average molecular weight is 249 g/mol. The molecule has 0 amide bonds. The van der Waals surface area contributed by atoms with Gasteiger partial charge in [-0.25, -0.2) is 0 Å². The topological polar surface area (TPSA) is 21.3 Å². The van der Waals surface area contributed by atoms with Crippen LogP contribution in [0.2, 0.25) is 0 Å². The van der Waals surface area contributed by atoms with Crippen LogP contribution in [0.15, 0.2) is 24.3 Å². The number of benzene rings is 1. The van der Waals surface area contributed by atoms with E-state index < -0.39 is 0 Å². The Kier molecular flexibility index (Phi) is 7.70. The van der Waals surface area contributed by atoms with E-state index in [1.165, 1.54) is 24.0 Å². The summed E-state index contributed by atoms with van der Waals surface area (Å²) >= 11 is 0. The van der Waals surface area contributed by atoms with Gasteiger partial charge in [0, 0.05) is 13.7 Å². The van der Waals surface area contributed by atoms with Crippen molar-refractivity contribution in [1.82, 2.24) is 5.32 Å². The maximum Gasteiger partial charge on any atom is 0.0587 e. The Balaban J connectivity index is 2.28. The summed E-state index contributed by atoms with van der Waals surface area (Å²) < 4.78 is 5.02. The van der Waals surface area contributed by atoms with Crippen molar-refractivity contribution in [3.8, 4) is 0 Å². The number of methoxy groups -OCH3 is 1. The smallest absolute Gasteiger partial charge is 0.0587 e. The Labute approximate surface area is 112 Å². The fourth-order valence-corrected chi connectivity index (χ4v) is 2.13. The van der Waals surface area contributed by atoms with Crippen molar-refractivity contribution < 1.29 is 4.74 Å². The molecule has 0 saturated heterocycles. The van der Waals surface area contributed by atoms with Gasteiger partial charge in [-0.2, -0.15) is 0 Å². The van der Waals surface area contributed by atoms with Crippen LogP contribution in [0, 0.1) is 5.92 Å². The Morgan fingerprint density at radius 1 is 1.17 bits per heavy atom. The van der Waals surface area contributed by atoms with Crippen molar-refractivity contribution >= 4 is 0 Å². The number of aryl methyl sites for hydroxylation is 1. The Morgan fingerprint density at radius 3 is 2.44 bits per heavy atom. The highest BCUT2D eigenvalue weighted by molar-refractivity contribution is 5.23. The lowest BCUT2D eigenvalue weighted by molar-refractivity contribution is 0.198. The summed E-state index contributed by atoms with van der Waals surface area (Å²) in [6.45, 7) is 7.30. The molecule has 0 saturated carbocycles. The van der Waals surface area contributed by atoms with E-state index in [0.29, 0.717) is 5.92 Å². The maximum absolute atomic E-state index is 5.02. The van der Waals surface area contributed by atoms with Gasteiger partial charge in [0.15, 0.2) is 0 Å². The van der Waals surface area contributed by atoms with Crippen LogP contribution in [0.5, 0.6) is 0 Å². The molecule has 0 aliphatic heterocycles. The molecule has 0 bridgehead atoms. The molecule has 1 aromatic rings.